The quantitative estimate of drug-likeness (QED) is 0.779. The van der Waals surface area contributed by atoms with Crippen LogP contribution in [0.3, 0.4) is 0 Å². The van der Waals surface area contributed by atoms with Gasteiger partial charge in [-0.25, -0.2) is 4.90 Å². The molecule has 0 bridgehead atoms. The number of rotatable bonds is 1. The molecule has 104 valence electrons. The molecule has 0 radical (unpaired) electrons. The lowest BCUT2D eigenvalue weighted by molar-refractivity contribution is -0.128. The summed E-state index contributed by atoms with van der Waals surface area (Å²) in [4.78, 5) is 40.2. The predicted octanol–water partition coefficient (Wildman–Crippen LogP) is 1.57. The summed E-state index contributed by atoms with van der Waals surface area (Å²) in [6.07, 6.45) is 1.67. The van der Waals surface area contributed by atoms with Crippen LogP contribution in [0, 0.1) is 0 Å². The summed E-state index contributed by atoms with van der Waals surface area (Å²) in [6, 6.07) is 6.35. The Morgan fingerprint density at radius 2 is 2.05 bits per heavy atom. The first-order valence-corrected chi connectivity index (χ1v) is 6.92. The molecule has 1 atom stereocenters. The molecule has 5 nitrogen and oxygen atoms in total. The van der Waals surface area contributed by atoms with Gasteiger partial charge in [-0.1, -0.05) is 19.1 Å². The van der Waals surface area contributed by atoms with Crippen LogP contribution in [0.1, 0.15) is 36.5 Å². The molecule has 2 heterocycles. The van der Waals surface area contributed by atoms with E-state index in [2.05, 4.69) is 0 Å². The number of hydrogen-bond acceptors (Lipinski definition) is 3. The number of para-hydroxylation sites is 1. The summed E-state index contributed by atoms with van der Waals surface area (Å²) in [6.45, 7) is 2.30. The minimum atomic E-state index is -0.495. The molecule has 0 spiro atoms. The zero-order chi connectivity index (χ0) is 14.3. The van der Waals surface area contributed by atoms with E-state index in [9.17, 15) is 14.4 Å². The molecule has 2 aliphatic rings. The normalized spacial score (nSPS) is 21.6. The first kappa shape index (κ1) is 12.8. The molecule has 1 aromatic carbocycles. The molecule has 1 fully saturated rings. The van der Waals surface area contributed by atoms with Gasteiger partial charge in [0.15, 0.2) is 0 Å². The number of carbonyl (C=O) groups is 3. The highest BCUT2D eigenvalue weighted by Gasteiger charge is 2.43. The highest BCUT2D eigenvalue weighted by atomic mass is 16.2. The first-order chi connectivity index (χ1) is 9.65. The van der Waals surface area contributed by atoms with Gasteiger partial charge in [-0.3, -0.25) is 14.4 Å². The molecule has 1 aromatic rings. The number of hydrogen-bond donors (Lipinski definition) is 0. The smallest absolute Gasteiger partial charge is 0.256 e. The van der Waals surface area contributed by atoms with Crippen molar-refractivity contribution in [3.63, 3.8) is 0 Å². The third-order valence-corrected chi connectivity index (χ3v) is 3.95. The Kier molecular flexibility index (Phi) is 3.04. The summed E-state index contributed by atoms with van der Waals surface area (Å²) in [7, 11) is 0. The number of benzene rings is 1. The van der Waals surface area contributed by atoms with Crippen LogP contribution in [-0.2, 0) is 9.59 Å². The zero-order valence-corrected chi connectivity index (χ0v) is 11.3. The van der Waals surface area contributed by atoms with Gasteiger partial charge in [0.25, 0.3) is 11.8 Å². The van der Waals surface area contributed by atoms with Gasteiger partial charge >= 0.3 is 0 Å². The Bertz CT molecular complexity index is 597. The lowest BCUT2D eigenvalue weighted by Crippen LogP contribution is -2.47. The molecule has 20 heavy (non-hydrogen) atoms. The van der Waals surface area contributed by atoms with Crippen LogP contribution in [0.5, 0.6) is 0 Å². The van der Waals surface area contributed by atoms with Gasteiger partial charge < -0.3 is 4.90 Å². The van der Waals surface area contributed by atoms with Gasteiger partial charge in [0, 0.05) is 13.0 Å². The van der Waals surface area contributed by atoms with E-state index >= 15 is 0 Å². The highest BCUT2D eigenvalue weighted by Crippen LogP contribution is 2.32. The fraction of sp³-hybridized carbons (Fsp3) is 0.400. The Balaban J connectivity index is 2.19. The predicted molar refractivity (Wildman–Crippen MR) is 73.3 cm³/mol. The molecular weight excluding hydrogens is 256 g/mol. The van der Waals surface area contributed by atoms with Gasteiger partial charge in [0.1, 0.15) is 6.04 Å². The molecule has 0 aromatic heterocycles. The Hall–Kier alpha value is -2.17. The number of imide groups is 1. The molecule has 5 heteroatoms. The SMILES string of the molecule is CCC(=O)N1C(=O)[C@@H]2CCCN2C(=O)c2ccccc21. The van der Waals surface area contributed by atoms with Crippen molar-refractivity contribution in [3.8, 4) is 0 Å². The van der Waals surface area contributed by atoms with Crippen molar-refractivity contribution in [2.75, 3.05) is 11.4 Å². The minimum Gasteiger partial charge on any atom is -0.327 e. The molecule has 3 rings (SSSR count). The van der Waals surface area contributed by atoms with Crippen molar-refractivity contribution in [1.82, 2.24) is 4.90 Å². The van der Waals surface area contributed by atoms with Crippen LogP contribution in [0.15, 0.2) is 24.3 Å². The third kappa shape index (κ3) is 1.73. The molecular formula is C15H16N2O3. The van der Waals surface area contributed by atoms with E-state index in [4.69, 9.17) is 0 Å². The van der Waals surface area contributed by atoms with Gasteiger partial charge in [-0.15, -0.1) is 0 Å². The Morgan fingerprint density at radius 3 is 2.80 bits per heavy atom. The second-order valence-corrected chi connectivity index (χ2v) is 5.09. The van der Waals surface area contributed by atoms with E-state index in [0.29, 0.717) is 24.2 Å². The second kappa shape index (κ2) is 4.74. The summed E-state index contributed by atoms with van der Waals surface area (Å²) < 4.78 is 0. The van der Waals surface area contributed by atoms with Crippen molar-refractivity contribution in [1.29, 1.82) is 0 Å². The lowest BCUT2D eigenvalue weighted by atomic mass is 10.1. The van der Waals surface area contributed by atoms with E-state index in [1.807, 2.05) is 0 Å². The fourth-order valence-electron chi connectivity index (χ4n) is 2.95. The lowest BCUT2D eigenvalue weighted by Gasteiger charge is -2.24. The second-order valence-electron chi connectivity index (χ2n) is 5.09. The van der Waals surface area contributed by atoms with E-state index in [-0.39, 0.29) is 24.1 Å². The van der Waals surface area contributed by atoms with Gasteiger partial charge in [0.2, 0.25) is 5.91 Å². The maximum absolute atomic E-state index is 12.6. The summed E-state index contributed by atoms with van der Waals surface area (Å²) in [5, 5.41) is 0. The van der Waals surface area contributed by atoms with Crippen molar-refractivity contribution >= 4 is 23.4 Å². The third-order valence-electron chi connectivity index (χ3n) is 3.95. The number of anilines is 1. The van der Waals surface area contributed by atoms with Crippen LogP contribution in [0.4, 0.5) is 5.69 Å². The molecule has 0 saturated carbocycles. The maximum atomic E-state index is 12.6. The summed E-state index contributed by atoms with van der Waals surface area (Å²) in [5.41, 5.74) is 0.857. The molecule has 0 unspecified atom stereocenters. The highest BCUT2D eigenvalue weighted by molar-refractivity contribution is 6.22. The van der Waals surface area contributed by atoms with Gasteiger partial charge in [0.05, 0.1) is 11.3 Å². The van der Waals surface area contributed by atoms with Gasteiger partial charge in [-0.05, 0) is 25.0 Å². The van der Waals surface area contributed by atoms with Crippen LogP contribution >= 0.6 is 0 Å². The van der Waals surface area contributed by atoms with E-state index in [1.165, 1.54) is 4.90 Å². The Morgan fingerprint density at radius 1 is 1.30 bits per heavy atom. The number of amides is 3. The number of fused-ring (bicyclic) bond motifs is 2. The topological polar surface area (TPSA) is 57.7 Å². The number of carbonyl (C=O) groups excluding carboxylic acids is 3. The van der Waals surface area contributed by atoms with Crippen LogP contribution in [0.2, 0.25) is 0 Å². The molecule has 3 amide bonds. The fourth-order valence-corrected chi connectivity index (χ4v) is 2.95. The van der Waals surface area contributed by atoms with E-state index in [1.54, 1.807) is 36.1 Å². The van der Waals surface area contributed by atoms with Crippen LogP contribution < -0.4 is 4.90 Å². The standard InChI is InChI=1S/C15H16N2O3/c1-2-13(18)17-11-7-4-3-6-10(11)14(19)16-9-5-8-12(16)15(17)20/h3-4,6-7,12H,2,5,8-9H2,1H3/t12-/m0/s1. The van der Waals surface area contributed by atoms with Crippen molar-refractivity contribution in [2.45, 2.75) is 32.2 Å². The minimum absolute atomic E-state index is 0.150. The molecule has 1 saturated heterocycles. The average Bonchev–Trinajstić information content (AvgIpc) is 2.93. The Labute approximate surface area is 117 Å². The van der Waals surface area contributed by atoms with Crippen molar-refractivity contribution < 1.29 is 14.4 Å². The van der Waals surface area contributed by atoms with Crippen LogP contribution in [0.25, 0.3) is 0 Å². The first-order valence-electron chi connectivity index (χ1n) is 6.92. The maximum Gasteiger partial charge on any atom is 0.256 e. The molecule has 2 aliphatic heterocycles. The monoisotopic (exact) mass is 272 g/mol. The summed E-state index contributed by atoms with van der Waals surface area (Å²) >= 11 is 0. The van der Waals surface area contributed by atoms with Crippen molar-refractivity contribution in [3.05, 3.63) is 29.8 Å². The average molecular weight is 272 g/mol. The van der Waals surface area contributed by atoms with E-state index in [0.717, 1.165) is 6.42 Å². The zero-order valence-electron chi connectivity index (χ0n) is 11.3. The van der Waals surface area contributed by atoms with E-state index < -0.39 is 6.04 Å². The van der Waals surface area contributed by atoms with Crippen molar-refractivity contribution in [2.24, 2.45) is 0 Å². The number of nitrogens with zero attached hydrogens (tertiary/aromatic N) is 2. The molecule has 0 aliphatic carbocycles. The summed E-state index contributed by atoms with van der Waals surface area (Å²) in [5.74, 6) is -0.681. The van der Waals surface area contributed by atoms with Gasteiger partial charge in [-0.2, -0.15) is 0 Å². The van der Waals surface area contributed by atoms with Crippen LogP contribution in [-0.4, -0.2) is 35.2 Å². The molecule has 0 N–H and O–H groups in total. The largest absolute Gasteiger partial charge is 0.327 e.